The van der Waals surface area contributed by atoms with Gasteiger partial charge in [-0.25, -0.2) is 0 Å². The Morgan fingerprint density at radius 3 is 1.28 bits per heavy atom. The minimum Gasteiger partial charge on any atom is -0.337 e. The molecule has 0 spiro atoms. The van der Waals surface area contributed by atoms with Gasteiger partial charge in [-0.15, -0.1) is 15.8 Å². The zero-order chi connectivity index (χ0) is 23.3. The molecule has 0 atom stereocenters. The lowest BCUT2D eigenvalue weighted by Gasteiger charge is -2.16. The third-order valence-corrected chi connectivity index (χ3v) is 7.34. The van der Waals surface area contributed by atoms with E-state index < -0.39 is 0 Å². The second-order valence-corrected chi connectivity index (χ2v) is 14.0. The van der Waals surface area contributed by atoms with E-state index in [9.17, 15) is 0 Å². The quantitative estimate of drug-likeness (QED) is 0.172. The average Bonchev–Trinajstić information content (AvgIpc) is 2.75. The van der Waals surface area contributed by atoms with E-state index in [1.807, 2.05) is 0 Å². The maximum atomic E-state index is 4.97. The third kappa shape index (κ3) is 10.7. The first kappa shape index (κ1) is 26.5. The summed E-state index contributed by atoms with van der Waals surface area (Å²) in [6, 6.07) is 16.9. The van der Waals surface area contributed by atoms with E-state index >= 15 is 0 Å². The first-order valence-electron chi connectivity index (χ1n) is 11.4. The van der Waals surface area contributed by atoms with Crippen molar-refractivity contribution >= 4 is 38.9 Å². The number of amidine groups is 2. The Balaban J connectivity index is 2.28. The number of anilines is 2. The van der Waals surface area contributed by atoms with E-state index in [2.05, 4.69) is 99.7 Å². The summed E-state index contributed by atoms with van der Waals surface area (Å²) in [5.41, 5.74) is 4.56. The summed E-state index contributed by atoms with van der Waals surface area (Å²) in [4.78, 5) is 9.94. The molecule has 2 aromatic rings. The second-order valence-electron chi connectivity index (χ2n) is 8.76. The van der Waals surface area contributed by atoms with Crippen molar-refractivity contribution in [3.63, 3.8) is 0 Å². The SMILES string of the molecule is Cc1ccc(NC(=NCCCP(C)C)C(=NCCCP(C)C)Nc2ccc(C)cc2)cc1. The van der Waals surface area contributed by atoms with Gasteiger partial charge in [0, 0.05) is 24.5 Å². The molecule has 0 aliphatic rings. The van der Waals surface area contributed by atoms with Gasteiger partial charge in [-0.1, -0.05) is 35.4 Å². The molecule has 0 fully saturated rings. The Labute approximate surface area is 197 Å². The first-order chi connectivity index (χ1) is 15.3. The van der Waals surface area contributed by atoms with Crippen LogP contribution in [0.3, 0.4) is 0 Å². The molecule has 2 aromatic carbocycles. The number of hydrogen-bond acceptors (Lipinski definition) is 2. The van der Waals surface area contributed by atoms with Gasteiger partial charge in [0.25, 0.3) is 0 Å². The molecule has 0 unspecified atom stereocenters. The van der Waals surface area contributed by atoms with Gasteiger partial charge in [0.2, 0.25) is 0 Å². The average molecular weight is 471 g/mol. The van der Waals surface area contributed by atoms with Gasteiger partial charge in [0.05, 0.1) is 0 Å². The van der Waals surface area contributed by atoms with E-state index in [0.29, 0.717) is 0 Å². The normalized spacial score (nSPS) is 12.5. The van der Waals surface area contributed by atoms with Crippen molar-refractivity contribution in [1.29, 1.82) is 0 Å². The minimum absolute atomic E-state index is 0.107. The van der Waals surface area contributed by atoms with Crippen LogP contribution in [-0.2, 0) is 0 Å². The van der Waals surface area contributed by atoms with Crippen molar-refractivity contribution in [3.05, 3.63) is 59.7 Å². The summed E-state index contributed by atoms with van der Waals surface area (Å²) in [6.07, 6.45) is 4.69. The van der Waals surface area contributed by atoms with Gasteiger partial charge in [-0.05, 0) is 89.9 Å². The summed E-state index contributed by atoms with van der Waals surface area (Å²) < 4.78 is 0. The van der Waals surface area contributed by atoms with Gasteiger partial charge < -0.3 is 10.6 Å². The maximum absolute atomic E-state index is 4.97. The standard InChI is InChI=1S/C26H40N4P2/c1-21-9-13-23(14-10-21)29-25(27-17-7-19-31(3)4)26(28-18-8-20-32(5)6)30-24-15-11-22(2)12-16-24/h9-16H,7-8,17-20H2,1-6H3,(H,27,29)(H,28,30). The van der Waals surface area contributed by atoms with Crippen molar-refractivity contribution in [3.8, 4) is 0 Å². The number of nitrogens with zero attached hydrogens (tertiary/aromatic N) is 2. The van der Waals surface area contributed by atoms with E-state index in [1.54, 1.807) is 0 Å². The minimum atomic E-state index is 0.107. The number of aliphatic imine (C=N–C) groups is 2. The summed E-state index contributed by atoms with van der Waals surface area (Å²) in [6.45, 7) is 15.1. The molecule has 32 heavy (non-hydrogen) atoms. The molecule has 2 N–H and O–H groups in total. The van der Waals surface area contributed by atoms with Crippen LogP contribution in [0.2, 0.25) is 0 Å². The van der Waals surface area contributed by atoms with Crippen molar-refractivity contribution in [2.75, 3.05) is 62.7 Å². The van der Waals surface area contributed by atoms with E-state index in [0.717, 1.165) is 49.0 Å². The third-order valence-electron chi connectivity index (χ3n) is 4.92. The van der Waals surface area contributed by atoms with Crippen molar-refractivity contribution in [2.24, 2.45) is 9.98 Å². The first-order valence-corrected chi connectivity index (χ1v) is 16.2. The van der Waals surface area contributed by atoms with Gasteiger partial charge in [-0.3, -0.25) is 9.98 Å². The molecule has 174 valence electrons. The molecule has 0 bridgehead atoms. The second kappa shape index (κ2) is 14.4. The predicted octanol–water partition coefficient (Wildman–Crippen LogP) is 6.89. The molecule has 0 heterocycles. The fraction of sp³-hybridized carbons (Fsp3) is 0.462. The fourth-order valence-electron chi connectivity index (χ4n) is 3.05. The molecular formula is C26H40N4P2. The van der Waals surface area contributed by atoms with Crippen LogP contribution >= 0.6 is 15.8 Å². The molecule has 0 radical (unpaired) electrons. The molecule has 0 aliphatic carbocycles. The van der Waals surface area contributed by atoms with E-state index in [-0.39, 0.29) is 15.8 Å². The molecule has 0 aromatic heterocycles. The molecular weight excluding hydrogens is 430 g/mol. The highest BCUT2D eigenvalue weighted by atomic mass is 31.1. The summed E-state index contributed by atoms with van der Waals surface area (Å²) in [7, 11) is 0.214. The zero-order valence-corrected chi connectivity index (χ0v) is 22.4. The van der Waals surface area contributed by atoms with E-state index in [4.69, 9.17) is 9.98 Å². The number of hydrogen-bond donors (Lipinski definition) is 2. The van der Waals surface area contributed by atoms with Crippen molar-refractivity contribution < 1.29 is 0 Å². The van der Waals surface area contributed by atoms with Crippen LogP contribution in [0.4, 0.5) is 11.4 Å². The van der Waals surface area contributed by atoms with Crippen LogP contribution in [0.5, 0.6) is 0 Å². The highest BCUT2D eigenvalue weighted by Gasteiger charge is 2.11. The molecule has 0 amide bonds. The molecule has 6 heteroatoms. The number of nitrogens with one attached hydrogen (secondary N) is 2. The van der Waals surface area contributed by atoms with Gasteiger partial charge in [0.1, 0.15) is 0 Å². The molecule has 0 saturated heterocycles. The van der Waals surface area contributed by atoms with Crippen LogP contribution in [0.25, 0.3) is 0 Å². The number of rotatable bonds is 10. The van der Waals surface area contributed by atoms with Crippen LogP contribution < -0.4 is 10.6 Å². The Bertz CT molecular complexity index is 783. The Morgan fingerprint density at radius 2 is 0.969 bits per heavy atom. The number of aryl methyl sites for hydroxylation is 2. The lowest BCUT2D eigenvalue weighted by atomic mass is 10.2. The predicted molar refractivity (Wildman–Crippen MR) is 151 cm³/mol. The zero-order valence-electron chi connectivity index (χ0n) is 20.7. The van der Waals surface area contributed by atoms with Crippen molar-refractivity contribution in [1.82, 2.24) is 0 Å². The lowest BCUT2D eigenvalue weighted by Crippen LogP contribution is -2.31. The Kier molecular flexibility index (Phi) is 11.9. The Hall–Kier alpha value is -1.76. The van der Waals surface area contributed by atoms with Crippen molar-refractivity contribution in [2.45, 2.75) is 26.7 Å². The monoisotopic (exact) mass is 470 g/mol. The topological polar surface area (TPSA) is 48.8 Å². The Morgan fingerprint density at radius 1 is 0.625 bits per heavy atom. The molecule has 0 saturated carbocycles. The van der Waals surface area contributed by atoms with Gasteiger partial charge in [-0.2, -0.15) is 0 Å². The van der Waals surface area contributed by atoms with Gasteiger partial charge >= 0.3 is 0 Å². The molecule has 2 rings (SSSR count). The summed E-state index contributed by atoms with van der Waals surface area (Å²) >= 11 is 0. The van der Waals surface area contributed by atoms with Crippen LogP contribution in [0, 0.1) is 13.8 Å². The highest BCUT2D eigenvalue weighted by molar-refractivity contribution is 7.56. The van der Waals surface area contributed by atoms with Gasteiger partial charge in [0.15, 0.2) is 11.7 Å². The smallest absolute Gasteiger partial charge is 0.168 e. The van der Waals surface area contributed by atoms with Crippen LogP contribution in [0.15, 0.2) is 58.5 Å². The maximum Gasteiger partial charge on any atom is 0.168 e. The highest BCUT2D eigenvalue weighted by Crippen LogP contribution is 2.25. The molecule has 4 nitrogen and oxygen atoms in total. The summed E-state index contributed by atoms with van der Waals surface area (Å²) in [5.74, 6) is 1.64. The van der Waals surface area contributed by atoms with Crippen LogP contribution in [0.1, 0.15) is 24.0 Å². The lowest BCUT2D eigenvalue weighted by molar-refractivity contribution is 0.932. The number of benzene rings is 2. The summed E-state index contributed by atoms with van der Waals surface area (Å²) in [5, 5.41) is 7.08. The van der Waals surface area contributed by atoms with E-state index in [1.165, 1.54) is 23.5 Å². The fourth-order valence-corrected chi connectivity index (χ4v) is 4.60. The molecule has 0 aliphatic heterocycles. The van der Waals surface area contributed by atoms with Crippen LogP contribution in [-0.4, -0.2) is 63.7 Å². The largest absolute Gasteiger partial charge is 0.337 e.